The Bertz CT molecular complexity index is 898. The SMILES string of the molecule is COc1ccccc1OCCNC(=O)c1cnc(-c2ccccc2Cl)s1. The molecule has 0 saturated carbocycles. The monoisotopic (exact) mass is 388 g/mol. The maximum Gasteiger partial charge on any atom is 0.263 e. The van der Waals surface area contributed by atoms with Crippen molar-refractivity contribution in [1.82, 2.24) is 10.3 Å². The molecular weight excluding hydrogens is 372 g/mol. The summed E-state index contributed by atoms with van der Waals surface area (Å²) in [6.07, 6.45) is 1.56. The highest BCUT2D eigenvalue weighted by Gasteiger charge is 2.13. The molecule has 0 aliphatic heterocycles. The summed E-state index contributed by atoms with van der Waals surface area (Å²) in [4.78, 5) is 17.1. The van der Waals surface area contributed by atoms with Gasteiger partial charge in [0.25, 0.3) is 5.91 Å². The largest absolute Gasteiger partial charge is 0.493 e. The molecule has 1 aromatic heterocycles. The van der Waals surface area contributed by atoms with Crippen molar-refractivity contribution in [2.24, 2.45) is 0 Å². The van der Waals surface area contributed by atoms with Crippen LogP contribution in [0.1, 0.15) is 9.67 Å². The van der Waals surface area contributed by atoms with Gasteiger partial charge in [-0.2, -0.15) is 0 Å². The summed E-state index contributed by atoms with van der Waals surface area (Å²) in [5.74, 6) is 1.11. The standard InChI is InChI=1S/C19H17ClN2O3S/c1-24-15-8-4-5-9-16(15)25-11-10-21-18(23)17-12-22-19(26-17)13-6-2-3-7-14(13)20/h2-9,12H,10-11H2,1H3,(H,21,23). The molecule has 1 heterocycles. The van der Waals surface area contributed by atoms with E-state index in [4.69, 9.17) is 21.1 Å². The zero-order valence-corrected chi connectivity index (χ0v) is 15.6. The van der Waals surface area contributed by atoms with E-state index in [9.17, 15) is 4.79 Å². The lowest BCUT2D eigenvalue weighted by Gasteiger charge is -2.10. The molecular formula is C19H17ClN2O3S. The van der Waals surface area contributed by atoms with Gasteiger partial charge in [0.2, 0.25) is 0 Å². The number of nitrogens with one attached hydrogen (secondary N) is 1. The Kier molecular flexibility index (Phi) is 6.09. The quantitative estimate of drug-likeness (QED) is 0.613. The molecule has 0 spiro atoms. The first-order valence-electron chi connectivity index (χ1n) is 7.94. The number of para-hydroxylation sites is 2. The number of ether oxygens (including phenoxy) is 2. The van der Waals surface area contributed by atoms with E-state index in [0.29, 0.717) is 39.6 Å². The average Bonchev–Trinajstić information content (AvgIpc) is 3.16. The van der Waals surface area contributed by atoms with Gasteiger partial charge in [-0.1, -0.05) is 41.9 Å². The molecule has 0 atom stereocenters. The molecule has 0 aliphatic carbocycles. The second-order valence-corrected chi connectivity index (χ2v) is 6.70. The van der Waals surface area contributed by atoms with Gasteiger partial charge in [0.15, 0.2) is 11.5 Å². The number of nitrogens with zero attached hydrogens (tertiary/aromatic N) is 1. The fraction of sp³-hybridized carbons (Fsp3) is 0.158. The van der Waals surface area contributed by atoms with Crippen LogP contribution in [-0.4, -0.2) is 31.2 Å². The molecule has 5 nitrogen and oxygen atoms in total. The molecule has 0 aliphatic rings. The molecule has 0 fully saturated rings. The molecule has 0 radical (unpaired) electrons. The smallest absolute Gasteiger partial charge is 0.263 e. The molecule has 0 bridgehead atoms. The Hall–Kier alpha value is -2.57. The summed E-state index contributed by atoms with van der Waals surface area (Å²) >= 11 is 7.47. The van der Waals surface area contributed by atoms with Gasteiger partial charge in [-0.15, -0.1) is 11.3 Å². The zero-order chi connectivity index (χ0) is 18.4. The van der Waals surface area contributed by atoms with Gasteiger partial charge < -0.3 is 14.8 Å². The molecule has 1 amide bonds. The van der Waals surface area contributed by atoms with E-state index in [0.717, 1.165) is 5.56 Å². The number of amides is 1. The van der Waals surface area contributed by atoms with Crippen LogP contribution >= 0.6 is 22.9 Å². The number of methoxy groups -OCH3 is 1. The highest BCUT2D eigenvalue weighted by atomic mass is 35.5. The minimum absolute atomic E-state index is 0.190. The topological polar surface area (TPSA) is 60.5 Å². The van der Waals surface area contributed by atoms with E-state index >= 15 is 0 Å². The van der Waals surface area contributed by atoms with Crippen LogP contribution in [0.5, 0.6) is 11.5 Å². The molecule has 3 rings (SSSR count). The van der Waals surface area contributed by atoms with Crippen molar-refractivity contribution in [2.45, 2.75) is 0 Å². The fourth-order valence-electron chi connectivity index (χ4n) is 2.29. The van der Waals surface area contributed by atoms with Crippen molar-refractivity contribution in [3.05, 3.63) is 64.6 Å². The van der Waals surface area contributed by atoms with Crippen LogP contribution in [0.4, 0.5) is 0 Å². The highest BCUT2D eigenvalue weighted by Crippen LogP contribution is 2.31. The number of hydrogen-bond acceptors (Lipinski definition) is 5. The van der Waals surface area contributed by atoms with Crippen molar-refractivity contribution >= 4 is 28.8 Å². The van der Waals surface area contributed by atoms with E-state index in [1.54, 1.807) is 19.4 Å². The first-order valence-corrected chi connectivity index (χ1v) is 9.13. The lowest BCUT2D eigenvalue weighted by Crippen LogP contribution is -2.27. The number of aromatic nitrogens is 1. The lowest BCUT2D eigenvalue weighted by molar-refractivity contribution is 0.0950. The Morgan fingerprint density at radius 3 is 2.65 bits per heavy atom. The zero-order valence-electron chi connectivity index (χ0n) is 14.1. The Balaban J connectivity index is 1.54. The summed E-state index contributed by atoms with van der Waals surface area (Å²) in [5, 5.41) is 4.14. The Labute approximate surface area is 160 Å². The fourth-order valence-corrected chi connectivity index (χ4v) is 3.44. The van der Waals surface area contributed by atoms with Crippen LogP contribution in [0.2, 0.25) is 5.02 Å². The summed E-state index contributed by atoms with van der Waals surface area (Å²) < 4.78 is 10.9. The van der Waals surface area contributed by atoms with Crippen molar-refractivity contribution in [1.29, 1.82) is 0 Å². The van der Waals surface area contributed by atoms with Crippen molar-refractivity contribution < 1.29 is 14.3 Å². The second-order valence-electron chi connectivity index (χ2n) is 5.26. The first-order chi connectivity index (χ1) is 12.7. The summed E-state index contributed by atoms with van der Waals surface area (Å²) in [5.41, 5.74) is 0.817. The van der Waals surface area contributed by atoms with Crippen LogP contribution in [0.25, 0.3) is 10.6 Å². The molecule has 1 N–H and O–H groups in total. The van der Waals surface area contributed by atoms with Crippen molar-refractivity contribution in [2.75, 3.05) is 20.3 Å². The number of benzene rings is 2. The summed E-state index contributed by atoms with van der Waals surface area (Å²) in [7, 11) is 1.59. The number of thiazole rings is 1. The van der Waals surface area contributed by atoms with E-state index in [-0.39, 0.29) is 5.91 Å². The molecule has 0 unspecified atom stereocenters. The van der Waals surface area contributed by atoms with Crippen LogP contribution in [0.3, 0.4) is 0 Å². The van der Waals surface area contributed by atoms with Gasteiger partial charge in [0.05, 0.1) is 24.9 Å². The minimum Gasteiger partial charge on any atom is -0.493 e. The minimum atomic E-state index is -0.190. The van der Waals surface area contributed by atoms with Crippen LogP contribution < -0.4 is 14.8 Å². The number of halogens is 1. The van der Waals surface area contributed by atoms with Crippen LogP contribution in [0, 0.1) is 0 Å². The molecule has 0 saturated heterocycles. The van der Waals surface area contributed by atoms with E-state index in [2.05, 4.69) is 10.3 Å². The molecule has 26 heavy (non-hydrogen) atoms. The third-order valence-electron chi connectivity index (χ3n) is 3.55. The summed E-state index contributed by atoms with van der Waals surface area (Å²) in [6, 6.07) is 14.8. The van der Waals surface area contributed by atoms with Crippen molar-refractivity contribution in [3.8, 4) is 22.1 Å². The van der Waals surface area contributed by atoms with Gasteiger partial charge in [0, 0.05) is 5.56 Å². The number of carbonyl (C=O) groups is 1. The number of carbonyl (C=O) groups excluding carboxylic acids is 1. The van der Waals surface area contributed by atoms with Gasteiger partial charge in [-0.05, 0) is 18.2 Å². The van der Waals surface area contributed by atoms with E-state index in [1.807, 2.05) is 42.5 Å². The molecule has 7 heteroatoms. The third kappa shape index (κ3) is 4.33. The number of hydrogen-bond donors (Lipinski definition) is 1. The Morgan fingerprint density at radius 2 is 1.88 bits per heavy atom. The average molecular weight is 389 g/mol. The van der Waals surface area contributed by atoms with Gasteiger partial charge in [-0.25, -0.2) is 4.98 Å². The van der Waals surface area contributed by atoms with Gasteiger partial charge in [0.1, 0.15) is 16.5 Å². The summed E-state index contributed by atoms with van der Waals surface area (Å²) in [6.45, 7) is 0.707. The molecule has 3 aromatic rings. The maximum atomic E-state index is 12.3. The highest BCUT2D eigenvalue weighted by molar-refractivity contribution is 7.17. The van der Waals surface area contributed by atoms with Gasteiger partial charge >= 0.3 is 0 Å². The predicted molar refractivity (Wildman–Crippen MR) is 103 cm³/mol. The first kappa shape index (κ1) is 18.2. The second kappa shape index (κ2) is 8.69. The molecule has 134 valence electrons. The van der Waals surface area contributed by atoms with E-state index in [1.165, 1.54) is 11.3 Å². The van der Waals surface area contributed by atoms with E-state index < -0.39 is 0 Å². The van der Waals surface area contributed by atoms with Gasteiger partial charge in [-0.3, -0.25) is 4.79 Å². The maximum absolute atomic E-state index is 12.3. The Morgan fingerprint density at radius 1 is 1.15 bits per heavy atom. The van der Waals surface area contributed by atoms with Crippen LogP contribution in [0.15, 0.2) is 54.7 Å². The van der Waals surface area contributed by atoms with Crippen LogP contribution in [-0.2, 0) is 0 Å². The third-order valence-corrected chi connectivity index (χ3v) is 4.91. The normalized spacial score (nSPS) is 10.4. The number of rotatable bonds is 7. The molecule has 2 aromatic carbocycles. The lowest BCUT2D eigenvalue weighted by atomic mass is 10.2. The van der Waals surface area contributed by atoms with Crippen molar-refractivity contribution in [3.63, 3.8) is 0 Å². The predicted octanol–water partition coefficient (Wildman–Crippen LogP) is 4.28.